The number of ether oxygens (including phenoxy) is 2. The molecule has 2 aromatic carbocycles. The third-order valence-electron chi connectivity index (χ3n) is 4.36. The second-order valence-corrected chi connectivity index (χ2v) is 7.03. The quantitative estimate of drug-likeness (QED) is 0.491. The van der Waals surface area contributed by atoms with Crippen LogP contribution in [0.3, 0.4) is 0 Å². The van der Waals surface area contributed by atoms with E-state index in [0.717, 1.165) is 5.56 Å². The normalized spacial score (nSPS) is 10.5. The van der Waals surface area contributed by atoms with Crippen molar-refractivity contribution >= 4 is 17.7 Å². The fourth-order valence-electron chi connectivity index (χ4n) is 2.58. The van der Waals surface area contributed by atoms with Crippen LogP contribution in [0.5, 0.6) is 5.75 Å². The van der Waals surface area contributed by atoms with Crippen LogP contribution in [-0.2, 0) is 20.7 Å². The summed E-state index contributed by atoms with van der Waals surface area (Å²) in [5, 5.41) is 2.73. The van der Waals surface area contributed by atoms with E-state index in [9.17, 15) is 14.4 Å². The first-order valence-corrected chi connectivity index (χ1v) is 9.60. The molecule has 6 heteroatoms. The van der Waals surface area contributed by atoms with Crippen LogP contribution in [0.1, 0.15) is 48.2 Å². The zero-order valence-electron chi connectivity index (χ0n) is 17.1. The van der Waals surface area contributed by atoms with Crippen molar-refractivity contribution in [3.8, 4) is 5.75 Å². The highest BCUT2D eigenvalue weighted by Crippen LogP contribution is 2.15. The van der Waals surface area contributed by atoms with Gasteiger partial charge in [0.05, 0.1) is 0 Å². The van der Waals surface area contributed by atoms with Gasteiger partial charge in [-0.2, -0.15) is 0 Å². The lowest BCUT2D eigenvalue weighted by Crippen LogP contribution is -2.31. The summed E-state index contributed by atoms with van der Waals surface area (Å²) in [6.45, 7) is 5.57. The molecule has 0 saturated carbocycles. The van der Waals surface area contributed by atoms with Gasteiger partial charge in [0.2, 0.25) is 0 Å². The number of benzene rings is 2. The zero-order chi connectivity index (χ0) is 21.2. The van der Waals surface area contributed by atoms with Crippen molar-refractivity contribution in [1.82, 2.24) is 5.32 Å². The monoisotopic (exact) mass is 397 g/mol. The van der Waals surface area contributed by atoms with E-state index in [-0.39, 0.29) is 24.9 Å². The third kappa shape index (κ3) is 7.78. The number of carbonyl (C=O) groups excluding carboxylic acids is 3. The Kier molecular flexibility index (Phi) is 8.40. The van der Waals surface area contributed by atoms with Crippen molar-refractivity contribution in [1.29, 1.82) is 0 Å². The lowest BCUT2D eigenvalue weighted by molar-refractivity contribution is -0.150. The maximum Gasteiger partial charge on any atom is 0.344 e. The topological polar surface area (TPSA) is 81.7 Å². The van der Waals surface area contributed by atoms with Crippen LogP contribution in [0, 0.1) is 0 Å². The van der Waals surface area contributed by atoms with E-state index in [1.54, 1.807) is 24.3 Å². The SMILES string of the molecule is CC(=O)c1ccc(OCC(=O)OCC(=O)NCCc2ccc(C(C)C)cc2)cc1. The molecule has 0 unspecified atom stereocenters. The molecular formula is C23H27NO5. The van der Waals surface area contributed by atoms with Crippen LogP contribution in [-0.4, -0.2) is 37.4 Å². The Balaban J connectivity index is 1.62. The van der Waals surface area contributed by atoms with Gasteiger partial charge in [-0.3, -0.25) is 9.59 Å². The summed E-state index contributed by atoms with van der Waals surface area (Å²) < 4.78 is 10.2. The molecule has 0 radical (unpaired) electrons. The van der Waals surface area contributed by atoms with E-state index in [1.807, 2.05) is 0 Å². The van der Waals surface area contributed by atoms with Crippen LogP contribution in [0.25, 0.3) is 0 Å². The Morgan fingerprint density at radius 2 is 1.59 bits per heavy atom. The van der Waals surface area contributed by atoms with Crippen molar-refractivity contribution in [2.75, 3.05) is 19.8 Å². The van der Waals surface area contributed by atoms with Crippen molar-refractivity contribution in [2.45, 2.75) is 33.1 Å². The van der Waals surface area contributed by atoms with Gasteiger partial charge in [-0.25, -0.2) is 4.79 Å². The Morgan fingerprint density at radius 3 is 2.17 bits per heavy atom. The van der Waals surface area contributed by atoms with Crippen LogP contribution in [0.4, 0.5) is 0 Å². The molecule has 0 aromatic heterocycles. The van der Waals surface area contributed by atoms with Gasteiger partial charge in [0.15, 0.2) is 19.0 Å². The lowest BCUT2D eigenvalue weighted by atomic mass is 10.0. The molecule has 0 heterocycles. The smallest absolute Gasteiger partial charge is 0.344 e. The minimum Gasteiger partial charge on any atom is -0.482 e. The maximum atomic E-state index is 11.8. The van der Waals surface area contributed by atoms with Crippen LogP contribution in [0.15, 0.2) is 48.5 Å². The summed E-state index contributed by atoms with van der Waals surface area (Å²) in [6, 6.07) is 14.7. The number of hydrogen-bond acceptors (Lipinski definition) is 5. The number of Topliss-reactive ketones (excluding diaryl/α,β-unsaturated/α-hetero) is 1. The first-order chi connectivity index (χ1) is 13.8. The van der Waals surface area contributed by atoms with Crippen molar-refractivity contribution in [3.63, 3.8) is 0 Å². The molecule has 0 fully saturated rings. The maximum absolute atomic E-state index is 11.8. The minimum atomic E-state index is -0.639. The average molecular weight is 397 g/mol. The molecule has 0 aliphatic carbocycles. The summed E-state index contributed by atoms with van der Waals surface area (Å²) in [4.78, 5) is 34.7. The van der Waals surface area contributed by atoms with Crippen molar-refractivity contribution in [3.05, 3.63) is 65.2 Å². The standard InChI is InChI=1S/C23H27NO5/c1-16(2)19-6-4-18(5-7-19)12-13-24-22(26)14-29-23(27)15-28-21-10-8-20(9-11-21)17(3)25/h4-11,16H,12-15H2,1-3H3,(H,24,26). The second kappa shape index (κ2) is 11.0. The Hall–Kier alpha value is -3.15. The number of amides is 1. The predicted octanol–water partition coefficient (Wildman–Crippen LogP) is 3.29. The molecular weight excluding hydrogens is 370 g/mol. The Morgan fingerprint density at radius 1 is 0.931 bits per heavy atom. The fourth-order valence-corrected chi connectivity index (χ4v) is 2.58. The first-order valence-electron chi connectivity index (χ1n) is 9.60. The fraction of sp³-hybridized carbons (Fsp3) is 0.348. The molecule has 2 aromatic rings. The largest absolute Gasteiger partial charge is 0.482 e. The molecule has 2 rings (SSSR count). The van der Waals surface area contributed by atoms with E-state index in [1.165, 1.54) is 12.5 Å². The van der Waals surface area contributed by atoms with Gasteiger partial charge in [0.25, 0.3) is 5.91 Å². The average Bonchev–Trinajstić information content (AvgIpc) is 2.71. The van der Waals surface area contributed by atoms with Gasteiger partial charge in [-0.1, -0.05) is 38.1 Å². The molecule has 0 bridgehead atoms. The molecule has 0 saturated heterocycles. The van der Waals surface area contributed by atoms with Gasteiger partial charge in [-0.15, -0.1) is 0 Å². The number of rotatable bonds is 10. The van der Waals surface area contributed by atoms with Crippen molar-refractivity contribution < 1.29 is 23.9 Å². The van der Waals surface area contributed by atoms with Crippen LogP contribution < -0.4 is 10.1 Å². The molecule has 154 valence electrons. The number of nitrogens with one attached hydrogen (secondary N) is 1. The van der Waals surface area contributed by atoms with Crippen LogP contribution in [0.2, 0.25) is 0 Å². The third-order valence-corrected chi connectivity index (χ3v) is 4.36. The van der Waals surface area contributed by atoms with Gasteiger partial charge in [0, 0.05) is 12.1 Å². The van der Waals surface area contributed by atoms with Gasteiger partial charge in [-0.05, 0) is 54.7 Å². The summed E-state index contributed by atoms with van der Waals surface area (Å²) in [7, 11) is 0. The van der Waals surface area contributed by atoms with Crippen molar-refractivity contribution in [2.24, 2.45) is 0 Å². The Bertz CT molecular complexity index is 825. The van der Waals surface area contributed by atoms with E-state index in [2.05, 4.69) is 43.4 Å². The molecule has 0 aliphatic heterocycles. The Labute approximate surface area is 171 Å². The lowest BCUT2D eigenvalue weighted by Gasteiger charge is -2.09. The molecule has 1 amide bonds. The number of carbonyl (C=O) groups is 3. The van der Waals surface area contributed by atoms with Gasteiger partial charge >= 0.3 is 5.97 Å². The van der Waals surface area contributed by atoms with E-state index >= 15 is 0 Å². The minimum absolute atomic E-state index is 0.0467. The second-order valence-electron chi connectivity index (χ2n) is 7.03. The highest BCUT2D eigenvalue weighted by Gasteiger charge is 2.09. The van der Waals surface area contributed by atoms with Gasteiger partial charge < -0.3 is 14.8 Å². The number of hydrogen-bond donors (Lipinski definition) is 1. The summed E-state index contributed by atoms with van der Waals surface area (Å²) in [5.41, 5.74) is 2.98. The molecule has 0 aliphatic rings. The van der Waals surface area contributed by atoms with Gasteiger partial charge in [0.1, 0.15) is 5.75 Å². The first kappa shape index (κ1) is 22.1. The molecule has 0 atom stereocenters. The van der Waals surface area contributed by atoms with E-state index in [4.69, 9.17) is 9.47 Å². The summed E-state index contributed by atoms with van der Waals surface area (Å²) in [5.74, 6) is -0.111. The molecule has 6 nitrogen and oxygen atoms in total. The van der Waals surface area contributed by atoms with E-state index in [0.29, 0.717) is 30.2 Å². The highest BCUT2D eigenvalue weighted by molar-refractivity contribution is 5.94. The zero-order valence-corrected chi connectivity index (χ0v) is 17.1. The number of ketones is 1. The van der Waals surface area contributed by atoms with E-state index < -0.39 is 5.97 Å². The molecule has 1 N–H and O–H groups in total. The molecule has 29 heavy (non-hydrogen) atoms. The summed E-state index contributed by atoms with van der Waals surface area (Å²) in [6.07, 6.45) is 0.706. The molecule has 0 spiro atoms. The predicted molar refractivity (Wildman–Crippen MR) is 110 cm³/mol. The highest BCUT2D eigenvalue weighted by atomic mass is 16.6. The van der Waals surface area contributed by atoms with Crippen LogP contribution >= 0.6 is 0 Å². The summed E-state index contributed by atoms with van der Waals surface area (Å²) >= 11 is 0. The number of esters is 1.